The fourth-order valence-corrected chi connectivity index (χ4v) is 4.18. The van der Waals surface area contributed by atoms with Gasteiger partial charge in [-0.3, -0.25) is 0 Å². The van der Waals surface area contributed by atoms with Gasteiger partial charge in [0.25, 0.3) is 0 Å². The second kappa shape index (κ2) is 9.55. The van der Waals surface area contributed by atoms with Crippen molar-refractivity contribution in [1.82, 2.24) is 9.47 Å². The van der Waals surface area contributed by atoms with Crippen molar-refractivity contribution in [2.75, 3.05) is 13.1 Å². The number of amides is 1. The van der Waals surface area contributed by atoms with Crippen LogP contribution in [0.1, 0.15) is 54.7 Å². The van der Waals surface area contributed by atoms with Gasteiger partial charge in [-0.15, -0.1) is 0 Å². The number of ether oxygens (including phenoxy) is 2. The summed E-state index contributed by atoms with van der Waals surface area (Å²) in [6.45, 7) is 6.19. The second-order valence-corrected chi connectivity index (χ2v) is 9.42. The first-order valence-electron chi connectivity index (χ1n) is 11.4. The lowest BCUT2D eigenvalue weighted by atomic mass is 9.96. The molecular weight excluding hydrogens is 446 g/mol. The van der Waals surface area contributed by atoms with Gasteiger partial charge < -0.3 is 24.0 Å². The van der Waals surface area contributed by atoms with E-state index in [1.165, 1.54) is 0 Å². The molecule has 1 saturated heterocycles. The number of likely N-dealkylation sites (tertiary alicyclic amines) is 1. The minimum atomic E-state index is -1.17. The van der Waals surface area contributed by atoms with Gasteiger partial charge in [-0.1, -0.05) is 18.2 Å². The van der Waals surface area contributed by atoms with Gasteiger partial charge in [0.05, 0.1) is 5.56 Å². The molecule has 0 spiro atoms. The molecule has 0 bridgehead atoms. The van der Waals surface area contributed by atoms with E-state index in [-0.39, 0.29) is 17.2 Å². The van der Waals surface area contributed by atoms with Crippen LogP contribution in [0.5, 0.6) is 11.5 Å². The molecule has 35 heavy (non-hydrogen) atoms. The summed E-state index contributed by atoms with van der Waals surface area (Å²) in [5, 5.41) is 19.8. The van der Waals surface area contributed by atoms with Gasteiger partial charge in [0.1, 0.15) is 28.9 Å². The Kier molecular flexibility index (Phi) is 6.52. The first-order valence-corrected chi connectivity index (χ1v) is 11.4. The summed E-state index contributed by atoms with van der Waals surface area (Å²) in [6.07, 6.45) is 1.85. The highest BCUT2D eigenvalue weighted by Crippen LogP contribution is 2.34. The fourth-order valence-electron chi connectivity index (χ4n) is 4.18. The molecule has 2 aromatic carbocycles. The molecule has 0 aliphatic carbocycles. The number of benzene rings is 2. The van der Waals surface area contributed by atoms with Crippen molar-refractivity contribution >= 4 is 12.1 Å². The number of carbonyl (C=O) groups is 2. The van der Waals surface area contributed by atoms with Crippen molar-refractivity contribution in [3.63, 3.8) is 0 Å². The molecule has 1 atom stereocenters. The Labute approximate surface area is 203 Å². The van der Waals surface area contributed by atoms with E-state index >= 15 is 0 Å². The van der Waals surface area contributed by atoms with Gasteiger partial charge in [-0.05, 0) is 69.2 Å². The highest BCUT2D eigenvalue weighted by molar-refractivity contribution is 5.93. The van der Waals surface area contributed by atoms with Gasteiger partial charge >= 0.3 is 12.1 Å². The number of rotatable bonds is 5. The molecule has 1 aliphatic rings. The summed E-state index contributed by atoms with van der Waals surface area (Å²) in [7, 11) is 0. The minimum Gasteiger partial charge on any atom is -0.478 e. The molecule has 4 rings (SSSR count). The van der Waals surface area contributed by atoms with Crippen molar-refractivity contribution in [2.45, 2.75) is 38.7 Å². The topological polar surface area (TPSA) is 105 Å². The number of carboxylic acids is 1. The van der Waals surface area contributed by atoms with Gasteiger partial charge in [-0.2, -0.15) is 5.26 Å². The first kappa shape index (κ1) is 23.9. The van der Waals surface area contributed by atoms with Crippen LogP contribution in [-0.2, 0) is 4.74 Å². The molecule has 1 aliphatic heterocycles. The van der Waals surface area contributed by atoms with Crippen molar-refractivity contribution in [2.24, 2.45) is 0 Å². The van der Waals surface area contributed by atoms with E-state index in [0.717, 1.165) is 0 Å². The number of carboxylic acid groups (broad SMARTS) is 1. The number of aromatic nitrogens is 1. The van der Waals surface area contributed by atoms with Crippen LogP contribution in [0.3, 0.4) is 0 Å². The number of nitriles is 1. The normalized spacial score (nSPS) is 15.5. The largest absolute Gasteiger partial charge is 0.478 e. The number of hydrogen-bond acceptors (Lipinski definition) is 5. The van der Waals surface area contributed by atoms with Crippen LogP contribution in [0, 0.1) is 11.3 Å². The maximum Gasteiger partial charge on any atom is 0.410 e. The predicted molar refractivity (Wildman–Crippen MR) is 129 cm³/mol. The fraction of sp³-hybridized carbons (Fsp3) is 0.296. The molecule has 1 aromatic heterocycles. The molecule has 0 saturated carbocycles. The van der Waals surface area contributed by atoms with E-state index in [4.69, 9.17) is 9.47 Å². The van der Waals surface area contributed by atoms with Crippen molar-refractivity contribution in [3.8, 4) is 23.3 Å². The monoisotopic (exact) mass is 473 g/mol. The molecule has 1 N–H and O–H groups in total. The zero-order valence-corrected chi connectivity index (χ0v) is 19.9. The first-order chi connectivity index (χ1) is 16.7. The summed E-state index contributed by atoms with van der Waals surface area (Å²) < 4.78 is 12.9. The van der Waals surface area contributed by atoms with E-state index in [2.05, 4.69) is 6.07 Å². The Hall–Kier alpha value is -4.25. The molecule has 8 heteroatoms. The predicted octanol–water partition coefficient (Wildman–Crippen LogP) is 5.56. The number of para-hydroxylation sites is 1. The molecule has 1 unspecified atom stereocenters. The van der Waals surface area contributed by atoms with Crippen molar-refractivity contribution in [3.05, 3.63) is 77.6 Å². The van der Waals surface area contributed by atoms with Crippen LogP contribution in [0.15, 0.2) is 60.8 Å². The van der Waals surface area contributed by atoms with Gasteiger partial charge in [0.2, 0.25) is 0 Å². The summed E-state index contributed by atoms with van der Waals surface area (Å²) in [4.78, 5) is 26.2. The molecule has 180 valence electrons. The van der Waals surface area contributed by atoms with E-state index in [0.29, 0.717) is 42.3 Å². The third-order valence-electron chi connectivity index (χ3n) is 5.73. The summed E-state index contributed by atoms with van der Waals surface area (Å²) in [6, 6.07) is 18.5. The third kappa shape index (κ3) is 5.30. The van der Waals surface area contributed by atoms with Crippen LogP contribution in [0.25, 0.3) is 5.69 Å². The van der Waals surface area contributed by atoms with Gasteiger partial charge in [-0.25, -0.2) is 9.59 Å². The summed E-state index contributed by atoms with van der Waals surface area (Å²) in [5.74, 6) is -0.0732. The van der Waals surface area contributed by atoms with E-state index in [1.807, 2.05) is 30.3 Å². The lowest BCUT2D eigenvalue weighted by molar-refractivity contribution is 0.0292. The maximum atomic E-state index is 12.5. The Bertz CT molecular complexity index is 1270. The van der Waals surface area contributed by atoms with Crippen molar-refractivity contribution < 1.29 is 24.2 Å². The van der Waals surface area contributed by atoms with Crippen LogP contribution < -0.4 is 4.74 Å². The van der Waals surface area contributed by atoms with E-state index in [9.17, 15) is 20.0 Å². The van der Waals surface area contributed by atoms with Crippen molar-refractivity contribution in [1.29, 1.82) is 5.26 Å². The zero-order valence-electron chi connectivity index (χ0n) is 19.9. The zero-order chi connectivity index (χ0) is 25.2. The average molecular weight is 474 g/mol. The molecule has 0 radical (unpaired) electrons. The third-order valence-corrected chi connectivity index (χ3v) is 5.73. The molecule has 3 aromatic rings. The van der Waals surface area contributed by atoms with Crippen LogP contribution >= 0.6 is 0 Å². The summed E-state index contributed by atoms with van der Waals surface area (Å²) >= 11 is 0. The molecule has 1 amide bonds. The number of carbonyl (C=O) groups excluding carboxylic acids is 1. The number of hydrogen-bond donors (Lipinski definition) is 1. The van der Waals surface area contributed by atoms with Crippen LogP contribution in [0.2, 0.25) is 0 Å². The Morgan fingerprint density at radius 1 is 1.06 bits per heavy atom. The number of nitrogens with zero attached hydrogens (tertiary/aromatic N) is 3. The summed E-state index contributed by atoms with van der Waals surface area (Å²) in [5.41, 5.74) is 0.560. The minimum absolute atomic E-state index is 0.0341. The maximum absolute atomic E-state index is 12.5. The Balaban J connectivity index is 1.61. The quantitative estimate of drug-likeness (QED) is 0.520. The Morgan fingerprint density at radius 2 is 1.71 bits per heavy atom. The van der Waals surface area contributed by atoms with Crippen LogP contribution in [-0.4, -0.2) is 45.3 Å². The standard InChI is InChI=1S/C27H27N3O5/c1-27(2,3)35-26(33)29-14-13-18(16-29)22-17-30(23(15-28)24(22)25(31)32)19-9-11-21(12-10-19)34-20-7-5-4-6-8-20/h4-12,17-18H,13-14,16H2,1-3H3,(H,31,32). The lowest BCUT2D eigenvalue weighted by Gasteiger charge is -2.24. The Morgan fingerprint density at radius 3 is 2.31 bits per heavy atom. The van der Waals surface area contributed by atoms with Gasteiger partial charge in [0.15, 0.2) is 0 Å². The van der Waals surface area contributed by atoms with E-state index < -0.39 is 17.7 Å². The highest BCUT2D eigenvalue weighted by atomic mass is 16.6. The molecule has 8 nitrogen and oxygen atoms in total. The van der Waals surface area contributed by atoms with Gasteiger partial charge in [0, 0.05) is 30.9 Å². The highest BCUT2D eigenvalue weighted by Gasteiger charge is 2.35. The second-order valence-electron chi connectivity index (χ2n) is 9.42. The molecular formula is C27H27N3O5. The average Bonchev–Trinajstić information content (AvgIpc) is 3.44. The van der Waals surface area contributed by atoms with E-state index in [1.54, 1.807) is 60.7 Å². The molecule has 1 fully saturated rings. The SMILES string of the molecule is CC(C)(C)OC(=O)N1CCC(c2cn(-c3ccc(Oc4ccccc4)cc3)c(C#N)c2C(=O)O)C1. The van der Waals surface area contributed by atoms with Crippen LogP contribution in [0.4, 0.5) is 4.79 Å². The number of aromatic carboxylic acids is 1. The lowest BCUT2D eigenvalue weighted by Crippen LogP contribution is -2.35. The smallest absolute Gasteiger partial charge is 0.410 e. The molecule has 2 heterocycles.